The largest absolute Gasteiger partial charge is 0.413 e. The van der Waals surface area contributed by atoms with Gasteiger partial charge in [0, 0.05) is 6.42 Å². The minimum Gasteiger partial charge on any atom is -0.413 e. The van der Waals surface area contributed by atoms with Crippen LogP contribution in [-0.2, 0) is 9.22 Å². The van der Waals surface area contributed by atoms with Crippen molar-refractivity contribution in [1.82, 2.24) is 0 Å². The first-order valence-corrected chi connectivity index (χ1v) is 10.9. The lowest BCUT2D eigenvalue weighted by molar-refractivity contribution is -0.134. The van der Waals surface area contributed by atoms with Crippen LogP contribution in [0.1, 0.15) is 53.4 Å². The van der Waals surface area contributed by atoms with Crippen LogP contribution in [0.2, 0.25) is 18.1 Å². The van der Waals surface area contributed by atoms with Gasteiger partial charge in [0.1, 0.15) is 5.78 Å². The predicted octanol–water partition coefficient (Wildman–Crippen LogP) is 4.71. The van der Waals surface area contributed by atoms with Gasteiger partial charge in [-0.15, -0.1) is 0 Å². The Labute approximate surface area is 125 Å². The number of carbonyl (C=O) groups is 1. The maximum atomic E-state index is 12.6. The Morgan fingerprint density at radius 1 is 1.35 bits per heavy atom. The number of rotatable bonds is 2. The van der Waals surface area contributed by atoms with E-state index < -0.39 is 8.32 Å². The lowest BCUT2D eigenvalue weighted by Crippen LogP contribution is -2.53. The molecule has 20 heavy (non-hydrogen) atoms. The van der Waals surface area contributed by atoms with Gasteiger partial charge in [0.15, 0.2) is 8.32 Å². The first-order valence-electron chi connectivity index (χ1n) is 7.99. The van der Waals surface area contributed by atoms with Crippen molar-refractivity contribution in [2.45, 2.75) is 77.6 Å². The third kappa shape index (κ3) is 2.43. The van der Waals surface area contributed by atoms with Gasteiger partial charge in [0.2, 0.25) is 0 Å². The topological polar surface area (TPSA) is 26.3 Å². The Bertz CT molecular complexity index is 419. The average Bonchev–Trinajstić information content (AvgIpc) is 2.67. The molecule has 0 radical (unpaired) electrons. The van der Waals surface area contributed by atoms with Gasteiger partial charge in [0.25, 0.3) is 0 Å². The molecule has 1 saturated carbocycles. The van der Waals surface area contributed by atoms with Crippen molar-refractivity contribution < 1.29 is 9.22 Å². The summed E-state index contributed by atoms with van der Waals surface area (Å²) in [4.78, 5) is 12.6. The average molecular weight is 295 g/mol. The van der Waals surface area contributed by atoms with Crippen LogP contribution in [0.4, 0.5) is 0 Å². The highest BCUT2D eigenvalue weighted by Gasteiger charge is 2.54. The molecule has 0 aromatic carbocycles. The van der Waals surface area contributed by atoms with Crippen molar-refractivity contribution in [3.05, 3.63) is 12.2 Å². The normalized spacial score (nSPS) is 35.0. The van der Waals surface area contributed by atoms with Crippen molar-refractivity contribution in [3.63, 3.8) is 0 Å². The quantitative estimate of drug-likeness (QED) is 0.544. The second-order valence-electron chi connectivity index (χ2n) is 8.14. The molecule has 0 N–H and O–H groups in total. The molecule has 114 valence electrons. The van der Waals surface area contributed by atoms with Crippen molar-refractivity contribution >= 4 is 14.1 Å². The SMILES string of the molecule is C[C@@H]1C=CC[C@@H](O[Si](C)(C)C(C)(C)C)[C@@]12CCCC2=O. The number of carbonyl (C=O) groups excluding carboxylic acids is 1. The molecule has 2 nitrogen and oxygen atoms in total. The molecule has 0 amide bonds. The zero-order valence-corrected chi connectivity index (χ0v) is 15.0. The molecule has 0 unspecified atom stereocenters. The van der Waals surface area contributed by atoms with Gasteiger partial charge in [-0.1, -0.05) is 39.8 Å². The third-order valence-electron chi connectivity index (χ3n) is 5.92. The molecule has 0 saturated heterocycles. The van der Waals surface area contributed by atoms with Crippen LogP contribution in [0, 0.1) is 11.3 Å². The Hall–Kier alpha value is -0.413. The molecule has 0 aliphatic heterocycles. The molecule has 0 aromatic rings. The zero-order chi connectivity index (χ0) is 15.2. The number of Topliss-reactive ketones (excluding diaryl/α,β-unsaturated/α-hetero) is 1. The summed E-state index contributed by atoms with van der Waals surface area (Å²) in [5, 5.41) is 0.195. The lowest BCUT2D eigenvalue weighted by atomic mass is 9.66. The molecule has 3 atom stereocenters. The Balaban J connectivity index is 2.30. The van der Waals surface area contributed by atoms with Crippen LogP contribution in [0.15, 0.2) is 12.2 Å². The summed E-state index contributed by atoms with van der Waals surface area (Å²) in [5.41, 5.74) is -0.232. The van der Waals surface area contributed by atoms with E-state index in [1.165, 1.54) is 0 Å². The lowest BCUT2D eigenvalue weighted by Gasteiger charge is -2.48. The molecule has 1 spiro atoms. The molecule has 1 fully saturated rings. The fraction of sp³-hybridized carbons (Fsp3) is 0.824. The standard InChI is InChI=1S/C17H30O2Si/c1-13-9-7-11-15(17(13)12-8-10-14(17)18)19-20(5,6)16(2,3)4/h7,9,13,15H,8,10-12H2,1-6H3/t13-,15-,17+/m1/s1. The van der Waals surface area contributed by atoms with Crippen molar-refractivity contribution in [2.24, 2.45) is 11.3 Å². The van der Waals surface area contributed by atoms with E-state index in [9.17, 15) is 4.79 Å². The van der Waals surface area contributed by atoms with E-state index in [2.05, 4.69) is 52.9 Å². The number of hydrogen-bond acceptors (Lipinski definition) is 2. The molecular weight excluding hydrogens is 264 g/mol. The fourth-order valence-electron chi connectivity index (χ4n) is 3.50. The van der Waals surface area contributed by atoms with Gasteiger partial charge in [-0.3, -0.25) is 4.79 Å². The Kier molecular flexibility index (Phi) is 4.07. The van der Waals surface area contributed by atoms with Crippen LogP contribution < -0.4 is 0 Å². The minimum absolute atomic E-state index is 0.0957. The number of allylic oxidation sites excluding steroid dienone is 1. The molecule has 0 bridgehead atoms. The molecular formula is C17H30O2Si. The number of ketones is 1. The van der Waals surface area contributed by atoms with E-state index in [1.807, 2.05) is 0 Å². The summed E-state index contributed by atoms with van der Waals surface area (Å²) in [6.45, 7) is 13.6. The van der Waals surface area contributed by atoms with Gasteiger partial charge < -0.3 is 4.43 Å². The molecule has 3 heteroatoms. The Morgan fingerprint density at radius 2 is 2.00 bits per heavy atom. The smallest absolute Gasteiger partial charge is 0.192 e. The molecule has 0 aromatic heterocycles. The summed E-state index contributed by atoms with van der Waals surface area (Å²) in [7, 11) is -1.83. The van der Waals surface area contributed by atoms with Crippen LogP contribution in [-0.4, -0.2) is 20.2 Å². The maximum Gasteiger partial charge on any atom is 0.192 e. The second-order valence-corrected chi connectivity index (χ2v) is 12.9. The van der Waals surface area contributed by atoms with Crippen molar-refractivity contribution in [1.29, 1.82) is 0 Å². The first kappa shape index (κ1) is 16.0. The third-order valence-corrected chi connectivity index (χ3v) is 10.4. The highest BCUT2D eigenvalue weighted by molar-refractivity contribution is 6.74. The van der Waals surface area contributed by atoms with E-state index in [0.29, 0.717) is 11.7 Å². The van der Waals surface area contributed by atoms with Crippen LogP contribution in [0.3, 0.4) is 0 Å². The highest BCUT2D eigenvalue weighted by atomic mass is 28.4. The van der Waals surface area contributed by atoms with Crippen LogP contribution >= 0.6 is 0 Å². The van der Waals surface area contributed by atoms with Gasteiger partial charge in [-0.2, -0.15) is 0 Å². The van der Waals surface area contributed by atoms with E-state index in [1.54, 1.807) is 0 Å². The fourth-order valence-corrected chi connectivity index (χ4v) is 4.87. The first-order chi connectivity index (χ1) is 9.11. The predicted molar refractivity (Wildman–Crippen MR) is 86.3 cm³/mol. The summed E-state index contributed by atoms with van der Waals surface area (Å²) < 4.78 is 6.69. The van der Waals surface area contributed by atoms with Crippen LogP contribution in [0.25, 0.3) is 0 Å². The van der Waals surface area contributed by atoms with E-state index in [0.717, 1.165) is 25.7 Å². The van der Waals surface area contributed by atoms with E-state index in [4.69, 9.17) is 4.43 Å². The molecule has 2 aliphatic carbocycles. The molecule has 2 aliphatic rings. The van der Waals surface area contributed by atoms with Gasteiger partial charge in [-0.25, -0.2) is 0 Å². The summed E-state index contributed by atoms with van der Waals surface area (Å²) in [6, 6.07) is 0. The molecule has 2 rings (SSSR count). The van der Waals surface area contributed by atoms with Crippen LogP contribution in [0.5, 0.6) is 0 Å². The maximum absolute atomic E-state index is 12.6. The summed E-state index contributed by atoms with van der Waals surface area (Å²) in [6.07, 6.45) is 8.25. The molecule has 0 heterocycles. The van der Waals surface area contributed by atoms with Gasteiger partial charge in [0.05, 0.1) is 11.5 Å². The monoisotopic (exact) mass is 294 g/mol. The zero-order valence-electron chi connectivity index (χ0n) is 14.0. The van der Waals surface area contributed by atoms with Crippen molar-refractivity contribution in [2.75, 3.05) is 0 Å². The van der Waals surface area contributed by atoms with Gasteiger partial charge >= 0.3 is 0 Å². The second kappa shape index (κ2) is 5.10. The minimum atomic E-state index is -1.83. The van der Waals surface area contributed by atoms with E-state index >= 15 is 0 Å². The summed E-state index contributed by atoms with van der Waals surface area (Å²) in [5.74, 6) is 0.763. The highest BCUT2D eigenvalue weighted by Crippen LogP contribution is 2.51. The number of hydrogen-bond donors (Lipinski definition) is 0. The Morgan fingerprint density at radius 3 is 2.50 bits per heavy atom. The van der Waals surface area contributed by atoms with Gasteiger partial charge in [-0.05, 0) is 43.3 Å². The summed E-state index contributed by atoms with van der Waals surface area (Å²) >= 11 is 0. The van der Waals surface area contributed by atoms with Crippen molar-refractivity contribution in [3.8, 4) is 0 Å². The van der Waals surface area contributed by atoms with E-state index in [-0.39, 0.29) is 16.6 Å².